The normalized spacial score (nSPS) is 15.8. The van der Waals surface area contributed by atoms with E-state index in [1.54, 1.807) is 13.0 Å². The number of hydrogen-bond acceptors (Lipinski definition) is 5. The first-order chi connectivity index (χ1) is 14.6. The minimum Gasteiger partial charge on any atom is -0.387 e. The molecule has 0 saturated heterocycles. The number of rotatable bonds is 6. The molecule has 1 aliphatic rings. The summed E-state index contributed by atoms with van der Waals surface area (Å²) in [7, 11) is 0. The van der Waals surface area contributed by atoms with E-state index in [1.165, 1.54) is 0 Å². The van der Waals surface area contributed by atoms with Crippen LogP contribution in [0.1, 0.15) is 67.8 Å². The summed E-state index contributed by atoms with van der Waals surface area (Å²) in [4.78, 5) is 26.8. The number of aryl methyl sites for hydroxylation is 1. The first-order valence-corrected chi connectivity index (χ1v) is 10.3. The molecule has 2 aromatic rings. The van der Waals surface area contributed by atoms with Crippen LogP contribution in [0.4, 0.5) is 0 Å². The predicted molar refractivity (Wildman–Crippen MR) is 120 cm³/mol. The fourth-order valence-corrected chi connectivity index (χ4v) is 2.95. The van der Waals surface area contributed by atoms with Crippen molar-refractivity contribution in [3.8, 4) is 0 Å². The van der Waals surface area contributed by atoms with Crippen LogP contribution in [0.5, 0.6) is 0 Å². The van der Waals surface area contributed by atoms with E-state index in [4.69, 9.17) is 4.84 Å². The molecule has 0 spiro atoms. The van der Waals surface area contributed by atoms with Gasteiger partial charge in [0.05, 0.1) is 5.69 Å². The van der Waals surface area contributed by atoms with Gasteiger partial charge >= 0.3 is 0 Å². The minimum absolute atomic E-state index is 0.137. The number of nitrogens with one attached hydrogen (secondary N) is 1. The van der Waals surface area contributed by atoms with Crippen molar-refractivity contribution in [3.63, 3.8) is 0 Å². The van der Waals surface area contributed by atoms with Crippen molar-refractivity contribution in [1.82, 2.24) is 15.3 Å². The van der Waals surface area contributed by atoms with Crippen LogP contribution in [0, 0.1) is 6.92 Å². The number of amides is 1. The number of benzene rings is 1. The smallest absolute Gasteiger partial charge is 0.270 e. The largest absolute Gasteiger partial charge is 0.387 e. The summed E-state index contributed by atoms with van der Waals surface area (Å²) in [6, 6.07) is 11.6. The summed E-state index contributed by atoms with van der Waals surface area (Å²) < 4.78 is 0. The number of carbonyl (C=O) groups is 1. The maximum Gasteiger partial charge on any atom is 0.270 e. The van der Waals surface area contributed by atoms with Crippen LogP contribution in [-0.2, 0) is 4.84 Å². The van der Waals surface area contributed by atoms with Gasteiger partial charge in [0.15, 0.2) is 6.10 Å². The minimum atomic E-state index is -0.241. The monoisotopic (exact) mass is 406 g/mol. The fraction of sp³-hybridized carbons (Fsp3) is 0.333. The van der Waals surface area contributed by atoms with Gasteiger partial charge in [-0.15, -0.1) is 0 Å². The number of nitrogens with zero attached hydrogens (tertiary/aromatic N) is 3. The average molecular weight is 407 g/mol. The highest BCUT2D eigenvalue weighted by atomic mass is 16.6. The molecule has 3 rings (SSSR count). The highest BCUT2D eigenvalue weighted by Crippen LogP contribution is 2.28. The third-order valence-electron chi connectivity index (χ3n) is 4.41. The molecule has 2 heterocycles. The Kier molecular flexibility index (Phi) is 8.94. The Balaban J connectivity index is 0.00000155. The lowest BCUT2D eigenvalue weighted by molar-refractivity contribution is 0.0857. The van der Waals surface area contributed by atoms with E-state index >= 15 is 0 Å². The number of allylic oxidation sites excluding steroid dienone is 2. The van der Waals surface area contributed by atoms with E-state index < -0.39 is 0 Å². The molecule has 1 aliphatic heterocycles. The maximum atomic E-state index is 12.6. The summed E-state index contributed by atoms with van der Waals surface area (Å²) >= 11 is 0. The number of hydrogen-bond donors (Lipinski definition) is 1. The number of carbonyl (C=O) groups excluding carboxylic acids is 1. The van der Waals surface area contributed by atoms with E-state index in [9.17, 15) is 4.79 Å². The lowest BCUT2D eigenvalue weighted by atomic mass is 10.0. The van der Waals surface area contributed by atoms with Gasteiger partial charge in [0.1, 0.15) is 17.2 Å². The average Bonchev–Trinajstić information content (AvgIpc) is 3.28. The van der Waals surface area contributed by atoms with Crippen molar-refractivity contribution >= 4 is 11.6 Å². The summed E-state index contributed by atoms with van der Waals surface area (Å²) in [5.41, 5.74) is 3.76. The molecule has 0 radical (unpaired) electrons. The molecule has 30 heavy (non-hydrogen) atoms. The number of aromatic nitrogens is 2. The Morgan fingerprint density at radius 2 is 1.93 bits per heavy atom. The predicted octanol–water partition coefficient (Wildman–Crippen LogP) is 4.93. The van der Waals surface area contributed by atoms with Gasteiger partial charge in [-0.25, -0.2) is 9.97 Å². The highest BCUT2D eigenvalue weighted by Gasteiger charge is 2.25. The van der Waals surface area contributed by atoms with E-state index in [1.807, 2.05) is 76.3 Å². The SMILES string of the molecule is C/C=C\C(=C/C)CNC(=O)c1cc(C2=NOC(c3ccccc3)C2)nc(C)n1.CC. The van der Waals surface area contributed by atoms with Gasteiger partial charge in [-0.3, -0.25) is 4.79 Å². The molecule has 158 valence electrons. The summed E-state index contributed by atoms with van der Waals surface area (Å²) in [6.07, 6.45) is 6.33. The van der Waals surface area contributed by atoms with Crippen molar-refractivity contribution in [3.05, 3.63) is 83.0 Å². The molecule has 1 aromatic heterocycles. The van der Waals surface area contributed by atoms with Gasteiger partial charge < -0.3 is 10.2 Å². The zero-order valence-electron chi connectivity index (χ0n) is 18.3. The third kappa shape index (κ3) is 6.11. The quantitative estimate of drug-likeness (QED) is 0.690. The first kappa shape index (κ1) is 23.0. The Morgan fingerprint density at radius 1 is 1.20 bits per heavy atom. The molecule has 1 aromatic carbocycles. The van der Waals surface area contributed by atoms with Crippen LogP contribution < -0.4 is 5.32 Å². The second kappa shape index (κ2) is 11.7. The second-order valence-electron chi connectivity index (χ2n) is 6.48. The van der Waals surface area contributed by atoms with Gasteiger partial charge in [-0.1, -0.05) is 67.6 Å². The van der Waals surface area contributed by atoms with E-state index in [0.717, 1.165) is 16.8 Å². The molecule has 6 nitrogen and oxygen atoms in total. The van der Waals surface area contributed by atoms with Crippen molar-refractivity contribution < 1.29 is 9.63 Å². The lowest BCUT2D eigenvalue weighted by Gasteiger charge is -2.08. The molecular formula is C24H30N4O2. The topological polar surface area (TPSA) is 76.5 Å². The Labute approximate surface area is 178 Å². The maximum absolute atomic E-state index is 12.6. The Morgan fingerprint density at radius 3 is 2.60 bits per heavy atom. The van der Waals surface area contributed by atoms with E-state index in [-0.39, 0.29) is 12.0 Å². The summed E-state index contributed by atoms with van der Waals surface area (Å²) in [6.45, 7) is 10.1. The van der Waals surface area contributed by atoms with Crippen LogP contribution in [0.25, 0.3) is 0 Å². The standard InChI is InChI=1S/C22H24N4O2.C2H6/c1-4-9-16(5-2)14-23-22(27)20-12-18(24-15(3)25-20)19-13-21(28-26-19)17-10-7-6-8-11-17;1-2/h4-12,21H,13-14H2,1-3H3,(H,23,27);1-2H3/b9-4-,16-5+;. The van der Waals surface area contributed by atoms with Crippen molar-refractivity contribution in [2.24, 2.45) is 5.16 Å². The Bertz CT molecular complexity index is 933. The molecular weight excluding hydrogens is 376 g/mol. The first-order valence-electron chi connectivity index (χ1n) is 10.3. The van der Waals surface area contributed by atoms with Crippen molar-refractivity contribution in [2.75, 3.05) is 6.54 Å². The molecule has 1 amide bonds. The zero-order chi connectivity index (χ0) is 21.9. The number of oxime groups is 1. The zero-order valence-corrected chi connectivity index (χ0v) is 18.3. The molecule has 6 heteroatoms. The van der Waals surface area contributed by atoms with Crippen LogP contribution in [0.3, 0.4) is 0 Å². The molecule has 1 atom stereocenters. The lowest BCUT2D eigenvalue weighted by Crippen LogP contribution is -2.27. The molecule has 0 bridgehead atoms. The van der Waals surface area contributed by atoms with Gasteiger partial charge in [0.25, 0.3) is 5.91 Å². The van der Waals surface area contributed by atoms with Gasteiger partial charge in [-0.2, -0.15) is 0 Å². The highest BCUT2D eigenvalue weighted by molar-refractivity contribution is 6.02. The van der Waals surface area contributed by atoms with Gasteiger partial charge in [-0.05, 0) is 38.0 Å². The van der Waals surface area contributed by atoms with Crippen LogP contribution in [0.15, 0.2) is 65.4 Å². The molecule has 0 fully saturated rings. The van der Waals surface area contributed by atoms with Crippen LogP contribution in [-0.4, -0.2) is 28.1 Å². The fourth-order valence-electron chi connectivity index (χ4n) is 2.95. The van der Waals surface area contributed by atoms with E-state index in [0.29, 0.717) is 30.2 Å². The summed E-state index contributed by atoms with van der Waals surface area (Å²) in [5, 5.41) is 7.09. The summed E-state index contributed by atoms with van der Waals surface area (Å²) in [5.74, 6) is 0.281. The molecule has 1 N–H and O–H groups in total. The van der Waals surface area contributed by atoms with Gasteiger partial charge in [0.2, 0.25) is 0 Å². The third-order valence-corrected chi connectivity index (χ3v) is 4.41. The van der Waals surface area contributed by atoms with Crippen molar-refractivity contribution in [1.29, 1.82) is 0 Å². The molecule has 0 saturated carbocycles. The molecule has 0 aliphatic carbocycles. The molecule has 1 unspecified atom stereocenters. The van der Waals surface area contributed by atoms with Gasteiger partial charge in [0, 0.05) is 13.0 Å². The van der Waals surface area contributed by atoms with Crippen LogP contribution >= 0.6 is 0 Å². The van der Waals surface area contributed by atoms with Crippen molar-refractivity contribution in [2.45, 2.75) is 47.1 Å². The van der Waals surface area contributed by atoms with E-state index in [2.05, 4.69) is 20.4 Å². The second-order valence-corrected chi connectivity index (χ2v) is 6.48. The van der Waals surface area contributed by atoms with Crippen LogP contribution in [0.2, 0.25) is 0 Å². The Hall–Kier alpha value is -3.28.